The van der Waals surface area contributed by atoms with Gasteiger partial charge in [-0.2, -0.15) is 0 Å². The predicted molar refractivity (Wildman–Crippen MR) is 73.1 cm³/mol. The standard InChI is InChI=1S/C13H16N4O2/c18-12(8-3-5-14-6-4-8)15-9-1-2-10-11(7-9)17-13(19)16-10/h1-2,7-8,14H,3-6H2,(H,15,18)(H2,16,17,19). The lowest BCUT2D eigenvalue weighted by molar-refractivity contribution is -0.120. The van der Waals surface area contributed by atoms with Crippen LogP contribution < -0.4 is 16.3 Å². The van der Waals surface area contributed by atoms with Crippen LogP contribution in [0.2, 0.25) is 0 Å². The number of H-pyrrole nitrogens is 2. The molecule has 0 bridgehead atoms. The molecule has 1 fully saturated rings. The van der Waals surface area contributed by atoms with Crippen LogP contribution in [0.15, 0.2) is 23.0 Å². The van der Waals surface area contributed by atoms with Gasteiger partial charge in [0.1, 0.15) is 0 Å². The summed E-state index contributed by atoms with van der Waals surface area (Å²) in [5.41, 5.74) is 1.92. The summed E-state index contributed by atoms with van der Waals surface area (Å²) in [7, 11) is 0. The van der Waals surface area contributed by atoms with Crippen LogP contribution in [0.5, 0.6) is 0 Å². The van der Waals surface area contributed by atoms with Crippen LogP contribution in [0.4, 0.5) is 5.69 Å². The average Bonchev–Trinajstić information content (AvgIpc) is 2.79. The molecule has 3 rings (SSSR count). The highest BCUT2D eigenvalue weighted by Crippen LogP contribution is 2.18. The van der Waals surface area contributed by atoms with Crippen molar-refractivity contribution in [3.8, 4) is 0 Å². The Kier molecular flexibility index (Phi) is 3.08. The van der Waals surface area contributed by atoms with Gasteiger partial charge in [0.05, 0.1) is 11.0 Å². The summed E-state index contributed by atoms with van der Waals surface area (Å²) in [5, 5.41) is 6.15. The molecule has 1 aromatic heterocycles. The van der Waals surface area contributed by atoms with Crippen LogP contribution >= 0.6 is 0 Å². The summed E-state index contributed by atoms with van der Waals surface area (Å²) < 4.78 is 0. The van der Waals surface area contributed by atoms with Crippen LogP contribution in [0, 0.1) is 5.92 Å². The molecule has 19 heavy (non-hydrogen) atoms. The highest BCUT2D eigenvalue weighted by atomic mass is 16.2. The number of piperidine rings is 1. The van der Waals surface area contributed by atoms with Crippen LogP contribution in [0.1, 0.15) is 12.8 Å². The largest absolute Gasteiger partial charge is 0.326 e. The first-order valence-electron chi connectivity index (χ1n) is 6.46. The maximum atomic E-state index is 12.1. The lowest BCUT2D eigenvalue weighted by atomic mass is 9.97. The third kappa shape index (κ3) is 2.53. The molecule has 2 heterocycles. The number of nitrogens with one attached hydrogen (secondary N) is 4. The molecule has 1 amide bonds. The second-order valence-electron chi connectivity index (χ2n) is 4.85. The van der Waals surface area contributed by atoms with Crippen molar-refractivity contribution in [3.63, 3.8) is 0 Å². The van der Waals surface area contributed by atoms with Crippen LogP contribution in [-0.2, 0) is 4.79 Å². The van der Waals surface area contributed by atoms with Gasteiger partial charge in [0, 0.05) is 11.6 Å². The molecular weight excluding hydrogens is 244 g/mol. The van der Waals surface area contributed by atoms with Gasteiger partial charge in [0.25, 0.3) is 0 Å². The molecule has 4 N–H and O–H groups in total. The number of imidazole rings is 1. The van der Waals surface area contributed by atoms with E-state index in [1.165, 1.54) is 0 Å². The first kappa shape index (κ1) is 12.0. The van der Waals surface area contributed by atoms with E-state index >= 15 is 0 Å². The number of rotatable bonds is 2. The zero-order valence-electron chi connectivity index (χ0n) is 10.5. The quantitative estimate of drug-likeness (QED) is 0.643. The first-order chi connectivity index (χ1) is 9.22. The minimum absolute atomic E-state index is 0.0544. The number of fused-ring (bicyclic) bond motifs is 1. The van der Waals surface area contributed by atoms with E-state index in [-0.39, 0.29) is 17.5 Å². The molecule has 0 saturated carbocycles. The van der Waals surface area contributed by atoms with E-state index in [0.717, 1.165) is 31.4 Å². The van der Waals surface area contributed by atoms with Crippen molar-refractivity contribution in [3.05, 3.63) is 28.7 Å². The fraction of sp³-hybridized carbons (Fsp3) is 0.385. The van der Waals surface area contributed by atoms with Crippen molar-refractivity contribution >= 4 is 22.6 Å². The fourth-order valence-corrected chi connectivity index (χ4v) is 2.44. The molecule has 1 aliphatic heterocycles. The first-order valence-corrected chi connectivity index (χ1v) is 6.46. The Hall–Kier alpha value is -2.08. The Labute approximate surface area is 109 Å². The van der Waals surface area contributed by atoms with Crippen molar-refractivity contribution in [2.45, 2.75) is 12.8 Å². The number of carbonyl (C=O) groups is 1. The summed E-state index contributed by atoms with van der Waals surface area (Å²) in [6.07, 6.45) is 1.74. The van der Waals surface area contributed by atoms with Gasteiger partial charge in [-0.05, 0) is 44.1 Å². The zero-order valence-corrected chi connectivity index (χ0v) is 10.5. The van der Waals surface area contributed by atoms with Crippen molar-refractivity contribution in [1.29, 1.82) is 0 Å². The van der Waals surface area contributed by atoms with E-state index in [4.69, 9.17) is 0 Å². The van der Waals surface area contributed by atoms with Gasteiger partial charge in [0.15, 0.2) is 0 Å². The van der Waals surface area contributed by atoms with E-state index in [1.54, 1.807) is 18.2 Å². The average molecular weight is 260 g/mol. The molecule has 1 aromatic carbocycles. The smallest absolute Gasteiger partial charge is 0.323 e. The predicted octanol–water partition coefficient (Wildman–Crippen LogP) is 0.794. The van der Waals surface area contributed by atoms with E-state index in [2.05, 4.69) is 20.6 Å². The van der Waals surface area contributed by atoms with Crippen molar-refractivity contribution in [2.24, 2.45) is 5.92 Å². The Morgan fingerprint density at radius 2 is 1.89 bits per heavy atom. The van der Waals surface area contributed by atoms with Crippen LogP contribution in [-0.4, -0.2) is 29.0 Å². The Balaban J connectivity index is 1.76. The molecule has 100 valence electrons. The van der Waals surface area contributed by atoms with Crippen LogP contribution in [0.3, 0.4) is 0 Å². The number of hydrogen-bond donors (Lipinski definition) is 4. The highest BCUT2D eigenvalue weighted by molar-refractivity contribution is 5.94. The number of aromatic amines is 2. The van der Waals surface area contributed by atoms with Gasteiger partial charge in [-0.1, -0.05) is 0 Å². The third-order valence-corrected chi connectivity index (χ3v) is 3.49. The topological polar surface area (TPSA) is 89.8 Å². The Morgan fingerprint density at radius 1 is 1.16 bits per heavy atom. The van der Waals surface area contributed by atoms with Gasteiger partial charge in [-0.25, -0.2) is 4.79 Å². The monoisotopic (exact) mass is 260 g/mol. The number of anilines is 1. The minimum atomic E-state index is -0.239. The molecule has 0 spiro atoms. The lowest BCUT2D eigenvalue weighted by Gasteiger charge is -2.21. The molecule has 1 saturated heterocycles. The molecule has 6 heteroatoms. The summed E-state index contributed by atoms with van der Waals surface area (Å²) in [6, 6.07) is 5.35. The number of hydrogen-bond acceptors (Lipinski definition) is 3. The zero-order chi connectivity index (χ0) is 13.2. The number of benzene rings is 1. The SMILES string of the molecule is O=C(Nc1ccc2[nH]c(=O)[nH]c2c1)C1CCNCC1. The molecule has 0 aliphatic carbocycles. The highest BCUT2D eigenvalue weighted by Gasteiger charge is 2.20. The van der Waals surface area contributed by atoms with E-state index in [9.17, 15) is 9.59 Å². The molecular formula is C13H16N4O2. The van der Waals surface area contributed by atoms with E-state index in [1.807, 2.05) is 0 Å². The van der Waals surface area contributed by atoms with Gasteiger partial charge >= 0.3 is 5.69 Å². The summed E-state index contributed by atoms with van der Waals surface area (Å²) >= 11 is 0. The lowest BCUT2D eigenvalue weighted by Crippen LogP contribution is -2.34. The fourth-order valence-electron chi connectivity index (χ4n) is 2.44. The third-order valence-electron chi connectivity index (χ3n) is 3.49. The summed E-state index contributed by atoms with van der Waals surface area (Å²) in [5.74, 6) is 0.126. The maximum Gasteiger partial charge on any atom is 0.323 e. The molecule has 0 radical (unpaired) electrons. The number of aromatic nitrogens is 2. The van der Waals surface area contributed by atoms with E-state index in [0.29, 0.717) is 11.2 Å². The molecule has 2 aromatic rings. The van der Waals surface area contributed by atoms with Gasteiger partial charge < -0.3 is 20.6 Å². The van der Waals surface area contributed by atoms with Gasteiger partial charge in [-0.3, -0.25) is 4.79 Å². The van der Waals surface area contributed by atoms with Gasteiger partial charge in [0.2, 0.25) is 5.91 Å². The Bertz CT molecular complexity index is 652. The minimum Gasteiger partial charge on any atom is -0.326 e. The van der Waals surface area contributed by atoms with Crippen molar-refractivity contribution < 1.29 is 4.79 Å². The normalized spacial score (nSPS) is 16.6. The maximum absolute atomic E-state index is 12.1. The number of amides is 1. The van der Waals surface area contributed by atoms with Gasteiger partial charge in [-0.15, -0.1) is 0 Å². The number of carbonyl (C=O) groups excluding carboxylic acids is 1. The van der Waals surface area contributed by atoms with E-state index < -0.39 is 0 Å². The van der Waals surface area contributed by atoms with Crippen molar-refractivity contribution in [1.82, 2.24) is 15.3 Å². The molecule has 6 nitrogen and oxygen atoms in total. The summed E-state index contributed by atoms with van der Waals surface area (Å²) in [4.78, 5) is 28.6. The van der Waals surface area contributed by atoms with Crippen LogP contribution in [0.25, 0.3) is 11.0 Å². The van der Waals surface area contributed by atoms with Crippen molar-refractivity contribution in [2.75, 3.05) is 18.4 Å². The second-order valence-corrected chi connectivity index (χ2v) is 4.85. The molecule has 0 unspecified atom stereocenters. The Morgan fingerprint density at radius 3 is 2.68 bits per heavy atom. The molecule has 1 aliphatic rings. The second kappa shape index (κ2) is 4.89. The molecule has 0 atom stereocenters. The summed E-state index contributed by atoms with van der Waals surface area (Å²) in [6.45, 7) is 1.78.